The first kappa shape index (κ1) is 16.6. The van der Waals surface area contributed by atoms with E-state index in [0.717, 1.165) is 43.1 Å². The highest BCUT2D eigenvalue weighted by Gasteiger charge is 2.06. The van der Waals surface area contributed by atoms with Gasteiger partial charge in [0.05, 0.1) is 7.15 Å². The summed E-state index contributed by atoms with van der Waals surface area (Å²) in [5.41, 5.74) is 5.43. The zero-order valence-corrected chi connectivity index (χ0v) is 15.2. The van der Waals surface area contributed by atoms with Gasteiger partial charge in [-0.2, -0.15) is 5.10 Å². The van der Waals surface area contributed by atoms with Crippen molar-refractivity contribution < 1.29 is 0 Å². The Kier molecular flexibility index (Phi) is 6.93. The summed E-state index contributed by atoms with van der Waals surface area (Å²) in [4.78, 5) is 0. The third kappa shape index (κ3) is 4.84. The van der Waals surface area contributed by atoms with Gasteiger partial charge >= 0.3 is 0 Å². The SMILES string of the molecule is C=C(NCCNc1n[nH]c(C)c1I)/C(I)=C(/C)NN. The van der Waals surface area contributed by atoms with Crippen LogP contribution in [0.15, 0.2) is 21.6 Å². The highest BCUT2D eigenvalue weighted by atomic mass is 127. The summed E-state index contributed by atoms with van der Waals surface area (Å²) in [6.45, 7) is 9.38. The van der Waals surface area contributed by atoms with Crippen molar-refractivity contribution in [2.24, 2.45) is 5.84 Å². The number of aromatic amines is 1. The molecular formula is C11H18I2N6. The van der Waals surface area contributed by atoms with Crippen LogP contribution in [-0.2, 0) is 0 Å². The van der Waals surface area contributed by atoms with Crippen LogP contribution in [0, 0.1) is 10.5 Å². The van der Waals surface area contributed by atoms with Crippen LogP contribution in [0.1, 0.15) is 12.6 Å². The first-order chi connectivity index (χ1) is 8.97. The fraction of sp³-hybridized carbons (Fsp3) is 0.364. The molecule has 0 saturated heterocycles. The molecule has 0 bridgehead atoms. The molecule has 0 amide bonds. The van der Waals surface area contributed by atoms with E-state index in [-0.39, 0.29) is 0 Å². The smallest absolute Gasteiger partial charge is 0.161 e. The Hall–Kier alpha value is -0.490. The number of hydrogen-bond donors (Lipinski definition) is 5. The summed E-state index contributed by atoms with van der Waals surface area (Å²) in [5.74, 6) is 6.24. The maximum Gasteiger partial charge on any atom is 0.161 e. The van der Waals surface area contributed by atoms with Crippen LogP contribution in [-0.4, -0.2) is 23.3 Å². The topological polar surface area (TPSA) is 90.8 Å². The van der Waals surface area contributed by atoms with Crippen LogP contribution in [0.2, 0.25) is 0 Å². The van der Waals surface area contributed by atoms with E-state index in [9.17, 15) is 0 Å². The molecule has 0 aliphatic carbocycles. The van der Waals surface area contributed by atoms with Crippen LogP contribution < -0.4 is 21.9 Å². The van der Waals surface area contributed by atoms with Gasteiger partial charge in [0.15, 0.2) is 5.82 Å². The lowest BCUT2D eigenvalue weighted by molar-refractivity contribution is 0.821. The number of hydrazine groups is 1. The molecule has 0 fully saturated rings. The summed E-state index contributed by atoms with van der Waals surface area (Å²) in [5, 5.41) is 13.6. The number of halogens is 2. The van der Waals surface area contributed by atoms with E-state index in [1.807, 2.05) is 13.8 Å². The Bertz CT molecular complexity index is 480. The van der Waals surface area contributed by atoms with Gasteiger partial charge in [-0.3, -0.25) is 10.9 Å². The number of nitrogens with zero attached hydrogens (tertiary/aromatic N) is 1. The Morgan fingerprint density at radius 1 is 1.47 bits per heavy atom. The molecule has 1 aromatic heterocycles. The zero-order chi connectivity index (χ0) is 14.4. The van der Waals surface area contributed by atoms with Crippen LogP contribution in [0.4, 0.5) is 5.82 Å². The van der Waals surface area contributed by atoms with Crippen LogP contribution in [0.25, 0.3) is 0 Å². The number of rotatable bonds is 7. The summed E-state index contributed by atoms with van der Waals surface area (Å²) < 4.78 is 2.11. The van der Waals surface area contributed by atoms with Gasteiger partial charge in [-0.1, -0.05) is 6.58 Å². The first-order valence-corrected chi connectivity index (χ1v) is 7.83. The zero-order valence-electron chi connectivity index (χ0n) is 10.9. The maximum absolute atomic E-state index is 5.35. The number of nitrogens with two attached hydrogens (primary N) is 1. The van der Waals surface area contributed by atoms with Crippen molar-refractivity contribution in [1.29, 1.82) is 0 Å². The fourth-order valence-corrected chi connectivity index (χ4v) is 2.07. The Balaban J connectivity index is 2.36. The largest absolute Gasteiger partial charge is 0.383 e. The lowest BCUT2D eigenvalue weighted by Gasteiger charge is -2.12. The monoisotopic (exact) mass is 488 g/mol. The van der Waals surface area contributed by atoms with Crippen molar-refractivity contribution >= 4 is 51.0 Å². The second-order valence-corrected chi connectivity index (χ2v) is 6.08. The standard InChI is InChI=1S/C11H18I2N6/c1-6(9(12)7(2)17-14)15-4-5-16-11-10(13)8(3)18-19-11/h15,17H,1,4-5,14H2,2-3H3,(H2,16,18,19)/b9-7+. The van der Waals surface area contributed by atoms with E-state index in [2.05, 4.69) is 78.0 Å². The molecule has 0 aromatic carbocycles. The molecule has 1 aromatic rings. The maximum atomic E-state index is 5.35. The van der Waals surface area contributed by atoms with Crippen molar-refractivity contribution in [1.82, 2.24) is 20.9 Å². The first-order valence-electron chi connectivity index (χ1n) is 5.67. The number of hydrogen-bond acceptors (Lipinski definition) is 5. The van der Waals surface area contributed by atoms with Gasteiger partial charge in [-0.05, 0) is 59.0 Å². The molecule has 19 heavy (non-hydrogen) atoms. The summed E-state index contributed by atoms with van der Waals surface area (Å²) in [7, 11) is 0. The highest BCUT2D eigenvalue weighted by molar-refractivity contribution is 14.1. The summed E-state index contributed by atoms with van der Waals surface area (Å²) in [6.07, 6.45) is 0. The van der Waals surface area contributed by atoms with Crippen LogP contribution in [0.5, 0.6) is 0 Å². The summed E-state index contributed by atoms with van der Waals surface area (Å²) >= 11 is 4.47. The molecule has 1 rings (SSSR count). The van der Waals surface area contributed by atoms with Crippen molar-refractivity contribution in [2.45, 2.75) is 13.8 Å². The molecule has 106 valence electrons. The quantitative estimate of drug-likeness (QED) is 0.133. The van der Waals surface area contributed by atoms with E-state index in [1.54, 1.807) is 0 Å². The number of H-pyrrole nitrogens is 1. The number of anilines is 1. The molecule has 8 heteroatoms. The van der Waals surface area contributed by atoms with Gasteiger partial charge in [0.1, 0.15) is 0 Å². The average Bonchev–Trinajstić information content (AvgIpc) is 2.73. The van der Waals surface area contributed by atoms with Gasteiger partial charge in [-0.15, -0.1) is 0 Å². The lowest BCUT2D eigenvalue weighted by Crippen LogP contribution is -2.25. The van der Waals surface area contributed by atoms with E-state index in [4.69, 9.17) is 5.84 Å². The summed E-state index contributed by atoms with van der Waals surface area (Å²) in [6, 6.07) is 0. The minimum absolute atomic E-state index is 0.755. The second-order valence-electron chi connectivity index (χ2n) is 3.93. The molecule has 0 aliphatic rings. The van der Waals surface area contributed by atoms with E-state index < -0.39 is 0 Å². The molecule has 0 atom stereocenters. The average molecular weight is 488 g/mol. The van der Waals surface area contributed by atoms with Crippen molar-refractivity contribution in [3.63, 3.8) is 0 Å². The third-order valence-corrected chi connectivity index (χ3v) is 5.22. The van der Waals surface area contributed by atoms with Gasteiger partial charge < -0.3 is 16.1 Å². The molecule has 0 aliphatic heterocycles. The predicted octanol–water partition coefficient (Wildman–Crippen LogP) is 1.97. The van der Waals surface area contributed by atoms with E-state index >= 15 is 0 Å². The Morgan fingerprint density at radius 3 is 2.68 bits per heavy atom. The van der Waals surface area contributed by atoms with Crippen molar-refractivity contribution in [3.8, 4) is 0 Å². The van der Waals surface area contributed by atoms with E-state index in [0.29, 0.717) is 0 Å². The van der Waals surface area contributed by atoms with Crippen molar-refractivity contribution in [3.05, 3.63) is 30.8 Å². The minimum atomic E-state index is 0.755. The van der Waals surface area contributed by atoms with E-state index in [1.165, 1.54) is 0 Å². The Labute approximate surface area is 140 Å². The Morgan fingerprint density at radius 2 is 2.16 bits per heavy atom. The normalized spacial score (nSPS) is 11.8. The molecule has 0 radical (unpaired) electrons. The lowest BCUT2D eigenvalue weighted by atomic mass is 10.3. The van der Waals surface area contributed by atoms with Gasteiger partial charge in [0, 0.05) is 30.2 Å². The predicted molar refractivity (Wildman–Crippen MR) is 95.7 cm³/mol. The molecule has 1 heterocycles. The molecule has 6 N–H and O–H groups in total. The molecule has 6 nitrogen and oxygen atoms in total. The van der Waals surface area contributed by atoms with Gasteiger partial charge in [-0.25, -0.2) is 0 Å². The molecule has 0 unspecified atom stereocenters. The van der Waals surface area contributed by atoms with Gasteiger partial charge in [0.25, 0.3) is 0 Å². The molecule has 0 spiro atoms. The number of nitrogens with one attached hydrogen (secondary N) is 4. The number of aryl methyl sites for hydroxylation is 1. The van der Waals surface area contributed by atoms with Gasteiger partial charge in [0.2, 0.25) is 0 Å². The van der Waals surface area contributed by atoms with Crippen LogP contribution in [0.3, 0.4) is 0 Å². The van der Waals surface area contributed by atoms with Crippen LogP contribution >= 0.6 is 45.2 Å². The number of allylic oxidation sites excluding steroid dienone is 2. The van der Waals surface area contributed by atoms with Crippen molar-refractivity contribution in [2.75, 3.05) is 18.4 Å². The minimum Gasteiger partial charge on any atom is -0.383 e. The molecule has 0 saturated carbocycles. The third-order valence-electron chi connectivity index (χ3n) is 2.44. The highest BCUT2D eigenvalue weighted by Crippen LogP contribution is 2.18. The molecular weight excluding hydrogens is 470 g/mol. The number of aromatic nitrogens is 2. The second kappa shape index (κ2) is 7.94. The fourth-order valence-electron chi connectivity index (χ4n) is 1.29.